The number of nitrogens with zero attached hydrogens (tertiary/aromatic N) is 6. The van der Waals surface area contributed by atoms with Crippen molar-refractivity contribution in [2.45, 2.75) is 109 Å². The first-order valence-corrected chi connectivity index (χ1v) is 13.4. The van der Waals surface area contributed by atoms with E-state index < -0.39 is 42.6 Å². The van der Waals surface area contributed by atoms with Crippen molar-refractivity contribution in [2.75, 3.05) is 6.61 Å². The number of carbonyl (C=O) groups is 3. The number of hydrogen-bond acceptors (Lipinski definition) is 11. The number of carbonyl (C=O) groups excluding carboxylic acids is 3. The Hall–Kier alpha value is -3.39. The van der Waals surface area contributed by atoms with Crippen LogP contribution in [0.3, 0.4) is 0 Å². The third-order valence-electron chi connectivity index (χ3n) is 6.59. The van der Waals surface area contributed by atoms with E-state index in [1.807, 2.05) is 12.4 Å². The summed E-state index contributed by atoms with van der Waals surface area (Å²) in [6, 6.07) is -0.922. The maximum atomic E-state index is 12.1. The Kier molecular flexibility index (Phi) is 9.98. The second-order valence-corrected chi connectivity index (χ2v) is 9.96. The Labute approximate surface area is 226 Å². The van der Waals surface area contributed by atoms with Crippen LogP contribution in [0, 0.1) is 0 Å². The number of rotatable bonds is 3. The van der Waals surface area contributed by atoms with Gasteiger partial charge in [0.15, 0.2) is 18.5 Å². The molecule has 0 radical (unpaired) electrons. The van der Waals surface area contributed by atoms with E-state index in [0.717, 1.165) is 49.9 Å². The van der Waals surface area contributed by atoms with E-state index in [1.165, 1.54) is 20.8 Å². The Morgan fingerprint density at radius 3 is 2.13 bits per heavy atom. The number of nitrogens with one attached hydrogen (secondary N) is 1. The summed E-state index contributed by atoms with van der Waals surface area (Å²) in [6.07, 6.45) is 6.33. The molecule has 14 heteroatoms. The van der Waals surface area contributed by atoms with Gasteiger partial charge in [-0.25, -0.2) is 4.68 Å². The predicted molar refractivity (Wildman–Crippen MR) is 134 cm³/mol. The summed E-state index contributed by atoms with van der Waals surface area (Å²) in [4.78, 5) is 36.3. The molecule has 0 spiro atoms. The van der Waals surface area contributed by atoms with Crippen LogP contribution in [0.1, 0.15) is 64.3 Å². The van der Waals surface area contributed by atoms with Crippen LogP contribution in [0.5, 0.6) is 0 Å². The Morgan fingerprint density at radius 1 is 0.872 bits per heavy atom. The number of esters is 2. The van der Waals surface area contributed by atoms with E-state index in [-0.39, 0.29) is 19.1 Å². The van der Waals surface area contributed by atoms with E-state index in [2.05, 4.69) is 25.9 Å². The summed E-state index contributed by atoms with van der Waals surface area (Å²) in [5.41, 5.74) is 1.80. The fraction of sp³-hybridized carbons (Fsp3) is 0.720. The zero-order valence-electron chi connectivity index (χ0n) is 22.7. The molecule has 5 atom stereocenters. The smallest absolute Gasteiger partial charge is 0.303 e. The van der Waals surface area contributed by atoms with Gasteiger partial charge in [0.2, 0.25) is 5.91 Å². The standard InChI is InChI=1S/C25H37N7O7/c1-16(33)26-22-24(38-18(3)35)23(37-17(2)34)21-15-32-14-20(28-30-32)10-7-5-4-6-9-19-13-31(29-27-19)11-8-12-36-25(22)39-21/h13-14,21-25H,4-12,15H2,1-3H3,(H,26,33)/t21-,22-,23-,24-,25+/m1/s1. The fourth-order valence-electron chi connectivity index (χ4n) is 4.93. The summed E-state index contributed by atoms with van der Waals surface area (Å²) >= 11 is 0. The van der Waals surface area contributed by atoms with Gasteiger partial charge in [-0.15, -0.1) is 10.2 Å². The topological polar surface area (TPSA) is 162 Å². The summed E-state index contributed by atoms with van der Waals surface area (Å²) in [5.74, 6) is -1.56. The molecule has 1 saturated heterocycles. The van der Waals surface area contributed by atoms with Gasteiger partial charge in [0, 0.05) is 39.7 Å². The van der Waals surface area contributed by atoms with Crippen LogP contribution in [0.2, 0.25) is 0 Å². The van der Waals surface area contributed by atoms with Crippen LogP contribution >= 0.6 is 0 Å². The average molecular weight is 548 g/mol. The van der Waals surface area contributed by atoms with Crippen LogP contribution in [-0.2, 0) is 59.3 Å². The molecule has 0 aliphatic carbocycles. The van der Waals surface area contributed by atoms with Gasteiger partial charge in [0.05, 0.1) is 24.5 Å². The lowest BCUT2D eigenvalue weighted by atomic mass is 9.95. The third-order valence-corrected chi connectivity index (χ3v) is 6.59. The van der Waals surface area contributed by atoms with Crippen LogP contribution in [-0.4, -0.2) is 85.1 Å². The molecule has 39 heavy (non-hydrogen) atoms. The maximum Gasteiger partial charge on any atom is 0.303 e. The number of ether oxygens (including phenoxy) is 4. The largest absolute Gasteiger partial charge is 0.456 e. The summed E-state index contributed by atoms with van der Waals surface area (Å²) < 4.78 is 27.0. The second-order valence-electron chi connectivity index (χ2n) is 9.96. The monoisotopic (exact) mass is 547 g/mol. The molecule has 6 bridgehead atoms. The molecule has 2 aromatic rings. The van der Waals surface area contributed by atoms with Crippen LogP contribution in [0.25, 0.3) is 0 Å². The summed E-state index contributed by atoms with van der Waals surface area (Å²) in [7, 11) is 0. The Bertz CT molecular complexity index is 1120. The van der Waals surface area contributed by atoms with E-state index in [9.17, 15) is 14.4 Å². The molecule has 0 aromatic carbocycles. The average Bonchev–Trinajstić information content (AvgIpc) is 3.51. The zero-order chi connectivity index (χ0) is 27.8. The number of aromatic nitrogens is 6. The highest BCUT2D eigenvalue weighted by Crippen LogP contribution is 2.28. The lowest BCUT2D eigenvalue weighted by Crippen LogP contribution is -2.66. The van der Waals surface area contributed by atoms with Crippen molar-refractivity contribution in [3.05, 3.63) is 23.8 Å². The van der Waals surface area contributed by atoms with Crippen molar-refractivity contribution in [1.29, 1.82) is 0 Å². The van der Waals surface area contributed by atoms with E-state index in [4.69, 9.17) is 18.9 Å². The SMILES string of the molecule is CC(=O)N[C@H]1[C@H]2OCCCn3cc(nn3)CCCCCCc3cn(nn3)C[C@@H](O2)[C@@H](OC(C)=O)[C@@H]1OC(C)=O. The molecule has 2 aliphatic heterocycles. The molecule has 2 aromatic heterocycles. The minimum Gasteiger partial charge on any atom is -0.456 e. The van der Waals surface area contributed by atoms with E-state index in [0.29, 0.717) is 13.0 Å². The van der Waals surface area contributed by atoms with Crippen molar-refractivity contribution in [1.82, 2.24) is 35.3 Å². The molecule has 2 aliphatic rings. The highest BCUT2D eigenvalue weighted by atomic mass is 16.7. The molecule has 4 rings (SSSR count). The summed E-state index contributed by atoms with van der Waals surface area (Å²) in [6.45, 7) is 4.86. The molecule has 1 amide bonds. The predicted octanol–water partition coefficient (Wildman–Crippen LogP) is 0.729. The van der Waals surface area contributed by atoms with E-state index in [1.54, 1.807) is 9.36 Å². The van der Waals surface area contributed by atoms with Gasteiger partial charge in [0.25, 0.3) is 0 Å². The highest BCUT2D eigenvalue weighted by molar-refractivity contribution is 5.73. The number of aryl methyl sites for hydroxylation is 3. The molecule has 1 N–H and O–H groups in total. The van der Waals surface area contributed by atoms with Gasteiger partial charge < -0.3 is 24.3 Å². The molecule has 0 unspecified atom stereocenters. The minimum atomic E-state index is -1.06. The molecular weight excluding hydrogens is 510 g/mol. The zero-order valence-corrected chi connectivity index (χ0v) is 22.7. The van der Waals surface area contributed by atoms with Gasteiger partial charge in [-0.1, -0.05) is 23.3 Å². The van der Waals surface area contributed by atoms with Crippen molar-refractivity contribution < 1.29 is 33.3 Å². The van der Waals surface area contributed by atoms with Gasteiger partial charge in [-0.3, -0.25) is 19.1 Å². The molecule has 4 heterocycles. The minimum absolute atomic E-state index is 0.164. The van der Waals surface area contributed by atoms with Gasteiger partial charge in [-0.2, -0.15) is 0 Å². The van der Waals surface area contributed by atoms with Crippen molar-refractivity contribution in [3.63, 3.8) is 0 Å². The van der Waals surface area contributed by atoms with Crippen molar-refractivity contribution >= 4 is 17.8 Å². The third kappa shape index (κ3) is 8.30. The maximum absolute atomic E-state index is 12.1. The van der Waals surface area contributed by atoms with Crippen molar-refractivity contribution in [3.8, 4) is 0 Å². The number of fused-ring (bicyclic) bond motifs is 6. The van der Waals surface area contributed by atoms with Gasteiger partial charge in [-0.05, 0) is 32.1 Å². The Balaban J connectivity index is 1.61. The van der Waals surface area contributed by atoms with Crippen LogP contribution < -0.4 is 5.32 Å². The van der Waals surface area contributed by atoms with Crippen molar-refractivity contribution in [2.24, 2.45) is 0 Å². The molecule has 1 fully saturated rings. The van der Waals surface area contributed by atoms with Crippen LogP contribution in [0.15, 0.2) is 12.4 Å². The molecule has 0 saturated carbocycles. The van der Waals surface area contributed by atoms with E-state index >= 15 is 0 Å². The number of amides is 1. The van der Waals surface area contributed by atoms with Crippen LogP contribution in [0.4, 0.5) is 0 Å². The van der Waals surface area contributed by atoms with Gasteiger partial charge >= 0.3 is 11.9 Å². The Morgan fingerprint density at radius 2 is 1.49 bits per heavy atom. The summed E-state index contributed by atoms with van der Waals surface area (Å²) in [5, 5.41) is 19.7. The first-order chi connectivity index (χ1) is 18.8. The first kappa shape index (κ1) is 28.6. The second kappa shape index (κ2) is 13.6. The number of hydrogen-bond donors (Lipinski definition) is 1. The first-order valence-electron chi connectivity index (χ1n) is 13.4. The fourth-order valence-corrected chi connectivity index (χ4v) is 4.93. The molecule has 14 nitrogen and oxygen atoms in total. The normalized spacial score (nSPS) is 26.7. The molecular formula is C25H37N7O7. The highest BCUT2D eigenvalue weighted by Gasteiger charge is 2.51. The lowest BCUT2D eigenvalue weighted by Gasteiger charge is -2.45. The quantitative estimate of drug-likeness (QED) is 0.539. The van der Waals surface area contributed by atoms with Gasteiger partial charge in [0.1, 0.15) is 12.1 Å². The molecule has 214 valence electrons. The lowest BCUT2D eigenvalue weighted by molar-refractivity contribution is -0.274.